The van der Waals surface area contributed by atoms with E-state index in [0.717, 1.165) is 10.5 Å². The summed E-state index contributed by atoms with van der Waals surface area (Å²) in [5.41, 5.74) is 1.25. The van der Waals surface area contributed by atoms with Crippen molar-refractivity contribution in [3.05, 3.63) is 65.5 Å². The Morgan fingerprint density at radius 3 is 2.52 bits per heavy atom. The average Bonchev–Trinajstić information content (AvgIpc) is 3.42. The zero-order chi connectivity index (χ0) is 20.0. The number of amides is 2. The fourth-order valence-electron chi connectivity index (χ4n) is 3.36. The summed E-state index contributed by atoms with van der Waals surface area (Å²) in [4.78, 5) is 31.1. The van der Waals surface area contributed by atoms with Crippen LogP contribution in [0, 0.1) is 0 Å². The highest BCUT2D eigenvalue weighted by atomic mass is 35.5. The van der Waals surface area contributed by atoms with E-state index in [-0.39, 0.29) is 18.3 Å². The molecule has 3 aromatic rings. The molecule has 2 aliphatic heterocycles. The smallest absolute Gasteiger partial charge is 0.263 e. The molecular weight excluding hydrogens is 396 g/mol. The maximum Gasteiger partial charge on any atom is 0.263 e. The van der Waals surface area contributed by atoms with E-state index in [0.29, 0.717) is 16.5 Å². The van der Waals surface area contributed by atoms with E-state index in [9.17, 15) is 9.59 Å². The highest BCUT2D eigenvalue weighted by Crippen LogP contribution is 2.32. The van der Waals surface area contributed by atoms with E-state index in [1.807, 2.05) is 6.07 Å². The van der Waals surface area contributed by atoms with Gasteiger partial charge in [-0.1, -0.05) is 40.2 Å². The Labute approximate surface area is 169 Å². The molecule has 1 aromatic heterocycles. The lowest BCUT2D eigenvalue weighted by Crippen LogP contribution is -2.39. The minimum absolute atomic E-state index is 0.0624. The first-order valence-electron chi connectivity index (χ1n) is 8.80. The molecule has 0 unspecified atom stereocenters. The minimum Gasteiger partial charge on any atom is -0.337 e. The van der Waals surface area contributed by atoms with Gasteiger partial charge in [-0.25, -0.2) is 4.90 Å². The molecule has 2 aliphatic rings. The van der Waals surface area contributed by atoms with Crippen molar-refractivity contribution in [2.45, 2.75) is 18.6 Å². The normalized spacial score (nSPS) is 20.6. The summed E-state index contributed by atoms with van der Waals surface area (Å²) < 4.78 is 5.29. The first kappa shape index (κ1) is 17.5. The van der Waals surface area contributed by atoms with Gasteiger partial charge in [-0.2, -0.15) is 10.1 Å². The molecule has 10 heteroatoms. The molecule has 0 saturated carbocycles. The first-order chi connectivity index (χ1) is 14.1. The van der Waals surface area contributed by atoms with Crippen LogP contribution in [0.4, 0.5) is 5.69 Å². The SMILES string of the molecule is O=C1[C@@H]2[C@@H](N=NN2Cc2nc(-c3ccc(Cl)cc3)no2)C(=O)N1c1ccccc1. The number of halogens is 1. The van der Waals surface area contributed by atoms with Crippen LogP contribution < -0.4 is 4.90 Å². The van der Waals surface area contributed by atoms with Crippen molar-refractivity contribution in [3.8, 4) is 11.4 Å². The third-order valence-electron chi connectivity index (χ3n) is 4.74. The minimum atomic E-state index is -0.874. The van der Waals surface area contributed by atoms with E-state index >= 15 is 0 Å². The van der Waals surface area contributed by atoms with E-state index < -0.39 is 18.0 Å². The second kappa shape index (κ2) is 6.78. The Bertz CT molecular complexity index is 1110. The van der Waals surface area contributed by atoms with E-state index in [2.05, 4.69) is 20.5 Å². The summed E-state index contributed by atoms with van der Waals surface area (Å²) in [6.07, 6.45) is 0. The number of hydrogen-bond donors (Lipinski definition) is 0. The lowest BCUT2D eigenvalue weighted by Gasteiger charge is -2.19. The van der Waals surface area contributed by atoms with Crippen molar-refractivity contribution in [2.24, 2.45) is 10.3 Å². The van der Waals surface area contributed by atoms with Gasteiger partial charge in [0.05, 0.1) is 5.69 Å². The molecule has 0 aliphatic carbocycles. The van der Waals surface area contributed by atoms with Gasteiger partial charge in [-0.3, -0.25) is 14.6 Å². The largest absolute Gasteiger partial charge is 0.337 e. The van der Waals surface area contributed by atoms with Crippen LogP contribution in [-0.4, -0.2) is 39.0 Å². The Hall–Kier alpha value is -3.59. The maximum atomic E-state index is 12.9. The molecule has 3 heterocycles. The molecule has 144 valence electrons. The summed E-state index contributed by atoms with van der Waals surface area (Å²) in [7, 11) is 0. The second-order valence-electron chi connectivity index (χ2n) is 6.56. The molecule has 1 fully saturated rings. The predicted octanol–water partition coefficient (Wildman–Crippen LogP) is 2.88. The van der Waals surface area contributed by atoms with Crippen molar-refractivity contribution in [1.82, 2.24) is 15.1 Å². The molecule has 2 atom stereocenters. The highest BCUT2D eigenvalue weighted by Gasteiger charge is 2.55. The summed E-state index contributed by atoms with van der Waals surface area (Å²) in [6.45, 7) is 0.0624. The van der Waals surface area contributed by atoms with Gasteiger partial charge in [-0.05, 0) is 36.4 Å². The quantitative estimate of drug-likeness (QED) is 0.615. The van der Waals surface area contributed by atoms with Crippen molar-refractivity contribution in [2.75, 3.05) is 4.90 Å². The fraction of sp³-hybridized carbons (Fsp3) is 0.158. The summed E-state index contributed by atoms with van der Waals surface area (Å²) in [5, 5.41) is 13.9. The Balaban J connectivity index is 1.36. The van der Waals surface area contributed by atoms with E-state index in [4.69, 9.17) is 16.1 Å². The van der Waals surface area contributed by atoms with Crippen LogP contribution in [-0.2, 0) is 16.1 Å². The molecule has 0 radical (unpaired) electrons. The average molecular weight is 409 g/mol. The molecule has 0 bridgehead atoms. The number of carbonyl (C=O) groups is 2. The third kappa shape index (κ3) is 2.95. The van der Waals surface area contributed by atoms with Gasteiger partial charge < -0.3 is 4.52 Å². The van der Waals surface area contributed by atoms with Crippen LogP contribution in [0.5, 0.6) is 0 Å². The molecular formula is C19H13ClN6O3. The second-order valence-corrected chi connectivity index (χ2v) is 6.99. The van der Waals surface area contributed by atoms with Crippen LogP contribution >= 0.6 is 11.6 Å². The zero-order valence-electron chi connectivity index (χ0n) is 14.8. The lowest BCUT2D eigenvalue weighted by atomic mass is 10.1. The third-order valence-corrected chi connectivity index (χ3v) is 4.99. The van der Waals surface area contributed by atoms with E-state index in [1.165, 1.54) is 5.01 Å². The Morgan fingerprint density at radius 2 is 1.76 bits per heavy atom. The number of carbonyl (C=O) groups excluding carboxylic acids is 2. The molecule has 0 spiro atoms. The maximum absolute atomic E-state index is 12.9. The molecule has 5 rings (SSSR count). The lowest BCUT2D eigenvalue weighted by molar-refractivity contribution is -0.123. The van der Waals surface area contributed by atoms with Crippen LogP contribution in [0.25, 0.3) is 11.4 Å². The Kier molecular flexibility index (Phi) is 4.09. The summed E-state index contributed by atoms with van der Waals surface area (Å²) in [5.74, 6) is -0.129. The Morgan fingerprint density at radius 1 is 1.00 bits per heavy atom. The number of para-hydroxylation sites is 1. The zero-order valence-corrected chi connectivity index (χ0v) is 15.6. The van der Waals surface area contributed by atoms with Gasteiger partial charge in [-0.15, -0.1) is 0 Å². The van der Waals surface area contributed by atoms with Gasteiger partial charge in [0, 0.05) is 10.6 Å². The van der Waals surface area contributed by atoms with Gasteiger partial charge in [0.25, 0.3) is 11.8 Å². The number of imide groups is 1. The topological polar surface area (TPSA) is 104 Å². The number of nitrogens with zero attached hydrogens (tertiary/aromatic N) is 6. The van der Waals surface area contributed by atoms with Crippen LogP contribution in [0.1, 0.15) is 5.89 Å². The van der Waals surface area contributed by atoms with Crippen molar-refractivity contribution in [3.63, 3.8) is 0 Å². The number of hydrogen-bond acceptors (Lipinski definition) is 8. The van der Waals surface area contributed by atoms with Crippen molar-refractivity contribution >= 4 is 29.1 Å². The number of benzene rings is 2. The molecule has 29 heavy (non-hydrogen) atoms. The van der Waals surface area contributed by atoms with Gasteiger partial charge in [0.1, 0.15) is 6.54 Å². The molecule has 1 saturated heterocycles. The predicted molar refractivity (Wildman–Crippen MR) is 102 cm³/mol. The summed E-state index contributed by atoms with van der Waals surface area (Å²) >= 11 is 5.89. The van der Waals surface area contributed by atoms with Gasteiger partial charge in [0.15, 0.2) is 12.1 Å². The molecule has 2 aromatic carbocycles. The fourth-order valence-corrected chi connectivity index (χ4v) is 3.49. The highest BCUT2D eigenvalue weighted by molar-refractivity contribution is 6.30. The monoisotopic (exact) mass is 408 g/mol. The molecule has 0 N–H and O–H groups in total. The van der Waals surface area contributed by atoms with Crippen molar-refractivity contribution < 1.29 is 14.1 Å². The van der Waals surface area contributed by atoms with E-state index in [1.54, 1.807) is 48.5 Å². The van der Waals surface area contributed by atoms with Crippen LogP contribution in [0.15, 0.2) is 69.5 Å². The van der Waals surface area contributed by atoms with Gasteiger partial charge >= 0.3 is 0 Å². The van der Waals surface area contributed by atoms with Crippen LogP contribution in [0.2, 0.25) is 5.02 Å². The standard InChI is InChI=1S/C19H13ClN6O3/c20-12-8-6-11(7-9-12)17-21-14(29-23-17)10-25-16-15(22-24-25)18(27)26(19(16)28)13-4-2-1-3-5-13/h1-9,15-16H,10H2/t15-,16+/m1/s1. The van der Waals surface area contributed by atoms with Gasteiger partial charge in [0.2, 0.25) is 11.7 Å². The number of anilines is 1. The first-order valence-corrected chi connectivity index (χ1v) is 9.18. The number of aromatic nitrogens is 2. The number of fused-ring (bicyclic) bond motifs is 1. The summed E-state index contributed by atoms with van der Waals surface area (Å²) in [6, 6.07) is 14.1. The van der Waals surface area contributed by atoms with Crippen LogP contribution in [0.3, 0.4) is 0 Å². The van der Waals surface area contributed by atoms with Crippen molar-refractivity contribution in [1.29, 1.82) is 0 Å². The molecule has 9 nitrogen and oxygen atoms in total. The molecule has 2 amide bonds. The number of rotatable bonds is 4.